The van der Waals surface area contributed by atoms with Crippen LogP contribution in [0.5, 0.6) is 0 Å². The van der Waals surface area contributed by atoms with Crippen LogP contribution in [0.2, 0.25) is 5.02 Å². The maximum absolute atomic E-state index is 13.3. The quantitative estimate of drug-likeness (QED) is 0.481. The molecule has 2 rings (SSSR count). The van der Waals surface area contributed by atoms with Gasteiger partial charge in [-0.1, -0.05) is 43.1 Å². The van der Waals surface area contributed by atoms with Gasteiger partial charge in [-0.25, -0.2) is 12.8 Å². The lowest BCUT2D eigenvalue weighted by Gasteiger charge is -2.31. The van der Waals surface area contributed by atoms with Crippen LogP contribution in [0, 0.1) is 5.82 Å². The second-order valence-corrected chi connectivity index (χ2v) is 10.1. The van der Waals surface area contributed by atoms with Gasteiger partial charge in [-0.15, -0.1) is 0 Å². The molecule has 0 heterocycles. The summed E-state index contributed by atoms with van der Waals surface area (Å²) in [5.41, 5.74) is 0.840. The lowest BCUT2D eigenvalue weighted by molar-refractivity contribution is -0.139. The van der Waals surface area contributed by atoms with Gasteiger partial charge in [0.1, 0.15) is 18.4 Å². The number of carbonyl (C=O) groups excluding carboxylic acids is 2. The van der Waals surface area contributed by atoms with Crippen molar-refractivity contribution in [2.45, 2.75) is 39.3 Å². The standard InChI is InChI=1S/C23H29ClFN3O4S/c1-4-5-13-26-23(30)17(2)27(15-18-9-11-20(25)12-10-18)22(29)16-28(33(3,31)32)21-8-6-7-19(24)14-21/h6-12,14,17H,4-5,13,15-16H2,1-3H3,(H,26,30)/t17-/m0/s1. The van der Waals surface area contributed by atoms with Gasteiger partial charge in [-0.3, -0.25) is 13.9 Å². The first-order chi connectivity index (χ1) is 15.5. The monoisotopic (exact) mass is 497 g/mol. The van der Waals surface area contributed by atoms with E-state index in [0.717, 1.165) is 23.4 Å². The van der Waals surface area contributed by atoms with Crippen molar-refractivity contribution in [1.29, 1.82) is 0 Å². The zero-order chi connectivity index (χ0) is 24.6. The first kappa shape index (κ1) is 26.6. The Labute approximate surface area is 199 Å². The van der Waals surface area contributed by atoms with Gasteiger partial charge in [-0.05, 0) is 49.2 Å². The summed E-state index contributed by atoms with van der Waals surface area (Å²) in [5, 5.41) is 3.11. The van der Waals surface area contributed by atoms with E-state index in [1.54, 1.807) is 19.1 Å². The molecule has 2 aromatic carbocycles. The molecular formula is C23H29ClFN3O4S. The Balaban J connectivity index is 2.33. The van der Waals surface area contributed by atoms with E-state index in [1.165, 1.54) is 41.3 Å². The van der Waals surface area contributed by atoms with Crippen LogP contribution in [-0.4, -0.2) is 50.5 Å². The van der Waals surface area contributed by atoms with Crippen LogP contribution in [0.15, 0.2) is 48.5 Å². The molecule has 0 saturated carbocycles. The number of sulfonamides is 1. The van der Waals surface area contributed by atoms with Gasteiger partial charge < -0.3 is 10.2 Å². The number of nitrogens with zero attached hydrogens (tertiary/aromatic N) is 2. The predicted octanol–water partition coefficient (Wildman–Crippen LogP) is 3.58. The van der Waals surface area contributed by atoms with E-state index in [0.29, 0.717) is 17.1 Å². The number of anilines is 1. The summed E-state index contributed by atoms with van der Waals surface area (Å²) in [6.45, 7) is 3.53. The minimum absolute atomic E-state index is 0.00856. The highest BCUT2D eigenvalue weighted by molar-refractivity contribution is 7.92. The molecule has 7 nitrogen and oxygen atoms in total. The fourth-order valence-corrected chi connectivity index (χ4v) is 4.18. The minimum Gasteiger partial charge on any atom is -0.354 e. The number of nitrogens with one attached hydrogen (secondary N) is 1. The second-order valence-electron chi connectivity index (χ2n) is 7.72. The summed E-state index contributed by atoms with van der Waals surface area (Å²) in [6, 6.07) is 10.8. The molecule has 2 amide bonds. The fraction of sp³-hybridized carbons (Fsp3) is 0.391. The Bertz CT molecular complexity index is 1060. The van der Waals surface area contributed by atoms with Crippen molar-refractivity contribution in [3.8, 4) is 0 Å². The Kier molecular flexibility index (Phi) is 9.67. The molecule has 0 aromatic heterocycles. The number of benzene rings is 2. The van der Waals surface area contributed by atoms with Crippen molar-refractivity contribution in [3.05, 3.63) is 64.9 Å². The number of hydrogen-bond donors (Lipinski definition) is 1. The Hall–Kier alpha value is -2.65. The SMILES string of the molecule is CCCCNC(=O)[C@H](C)N(Cc1ccc(F)cc1)C(=O)CN(c1cccc(Cl)c1)S(C)(=O)=O. The molecule has 1 N–H and O–H groups in total. The Morgan fingerprint density at radius 2 is 1.82 bits per heavy atom. The molecule has 0 aliphatic rings. The van der Waals surface area contributed by atoms with Crippen molar-refractivity contribution in [3.63, 3.8) is 0 Å². The molecule has 1 atom stereocenters. The molecule has 0 saturated heterocycles. The average molecular weight is 498 g/mol. The molecule has 0 aliphatic carbocycles. The van der Waals surface area contributed by atoms with Crippen LogP contribution in [-0.2, 0) is 26.2 Å². The predicted molar refractivity (Wildman–Crippen MR) is 128 cm³/mol. The number of halogens is 2. The maximum atomic E-state index is 13.3. The molecule has 0 aliphatic heterocycles. The van der Waals surface area contributed by atoms with Gasteiger partial charge in [0.25, 0.3) is 0 Å². The van der Waals surface area contributed by atoms with E-state index < -0.39 is 34.3 Å². The summed E-state index contributed by atoms with van der Waals surface area (Å²) >= 11 is 6.01. The van der Waals surface area contributed by atoms with Gasteiger partial charge >= 0.3 is 0 Å². The summed E-state index contributed by atoms with van der Waals surface area (Å²) in [5.74, 6) is -1.36. The minimum atomic E-state index is -3.83. The smallest absolute Gasteiger partial charge is 0.244 e. The highest BCUT2D eigenvalue weighted by atomic mass is 35.5. The number of carbonyl (C=O) groups is 2. The largest absolute Gasteiger partial charge is 0.354 e. The molecule has 0 radical (unpaired) electrons. The first-order valence-corrected chi connectivity index (χ1v) is 12.8. The summed E-state index contributed by atoms with van der Waals surface area (Å²) < 4.78 is 39.2. The van der Waals surface area contributed by atoms with Crippen molar-refractivity contribution >= 4 is 39.1 Å². The van der Waals surface area contributed by atoms with E-state index in [2.05, 4.69) is 5.32 Å². The molecule has 2 aromatic rings. The van der Waals surface area contributed by atoms with E-state index in [9.17, 15) is 22.4 Å². The highest BCUT2D eigenvalue weighted by Gasteiger charge is 2.30. The highest BCUT2D eigenvalue weighted by Crippen LogP contribution is 2.22. The molecule has 0 fully saturated rings. The summed E-state index contributed by atoms with van der Waals surface area (Å²) in [7, 11) is -3.83. The average Bonchev–Trinajstić information content (AvgIpc) is 2.75. The van der Waals surface area contributed by atoms with Gasteiger partial charge in [0, 0.05) is 18.1 Å². The third kappa shape index (κ3) is 8.01. The van der Waals surface area contributed by atoms with Gasteiger partial charge in [0.2, 0.25) is 21.8 Å². The summed E-state index contributed by atoms with van der Waals surface area (Å²) in [6.07, 6.45) is 2.68. The Morgan fingerprint density at radius 1 is 1.15 bits per heavy atom. The second kappa shape index (κ2) is 12.0. The molecule has 0 unspecified atom stereocenters. The van der Waals surface area contributed by atoms with Crippen molar-refractivity contribution in [2.75, 3.05) is 23.7 Å². The van der Waals surface area contributed by atoms with Gasteiger partial charge in [0.15, 0.2) is 0 Å². The van der Waals surface area contributed by atoms with Crippen molar-refractivity contribution in [2.24, 2.45) is 0 Å². The molecule has 0 bridgehead atoms. The lowest BCUT2D eigenvalue weighted by atomic mass is 10.1. The van der Waals surface area contributed by atoms with Gasteiger partial charge in [0.05, 0.1) is 11.9 Å². The van der Waals surface area contributed by atoms with Crippen LogP contribution < -0.4 is 9.62 Å². The van der Waals surface area contributed by atoms with Crippen LogP contribution in [0.4, 0.5) is 10.1 Å². The van der Waals surface area contributed by atoms with E-state index in [1.807, 2.05) is 6.92 Å². The lowest BCUT2D eigenvalue weighted by Crippen LogP contribution is -2.51. The molecule has 10 heteroatoms. The fourth-order valence-electron chi connectivity index (χ4n) is 3.15. The summed E-state index contributed by atoms with van der Waals surface area (Å²) in [4.78, 5) is 27.3. The normalized spacial score (nSPS) is 12.2. The molecule has 33 heavy (non-hydrogen) atoms. The van der Waals surface area contributed by atoms with E-state index >= 15 is 0 Å². The number of amides is 2. The first-order valence-electron chi connectivity index (χ1n) is 10.6. The Morgan fingerprint density at radius 3 is 2.39 bits per heavy atom. The zero-order valence-corrected chi connectivity index (χ0v) is 20.5. The molecule has 180 valence electrons. The van der Waals surface area contributed by atoms with Crippen LogP contribution >= 0.6 is 11.6 Å². The van der Waals surface area contributed by atoms with Crippen molar-refractivity contribution < 1.29 is 22.4 Å². The number of rotatable bonds is 11. The third-order valence-electron chi connectivity index (χ3n) is 5.04. The van der Waals surface area contributed by atoms with E-state index in [4.69, 9.17) is 11.6 Å². The topological polar surface area (TPSA) is 86.8 Å². The van der Waals surface area contributed by atoms with Gasteiger partial charge in [-0.2, -0.15) is 0 Å². The molecule has 0 spiro atoms. The van der Waals surface area contributed by atoms with Crippen LogP contribution in [0.25, 0.3) is 0 Å². The zero-order valence-electron chi connectivity index (χ0n) is 18.9. The third-order valence-corrected chi connectivity index (χ3v) is 6.41. The van der Waals surface area contributed by atoms with Crippen molar-refractivity contribution in [1.82, 2.24) is 10.2 Å². The maximum Gasteiger partial charge on any atom is 0.244 e. The number of unbranched alkanes of at least 4 members (excludes halogenated alkanes) is 1. The van der Waals surface area contributed by atoms with Crippen LogP contribution in [0.3, 0.4) is 0 Å². The van der Waals surface area contributed by atoms with E-state index in [-0.39, 0.29) is 18.1 Å². The molecular weight excluding hydrogens is 469 g/mol. The van der Waals surface area contributed by atoms with Crippen LogP contribution in [0.1, 0.15) is 32.3 Å². The number of hydrogen-bond acceptors (Lipinski definition) is 4.